The standard InChI is InChI=1S/C28H37NO3/c1-2-3-13-26(30)25-16-21(19-29(25)18-20-9-5-4-6-10-20)17-27(31)24-15-14-22-11-7-8-12-23(22)28(24)32/h7-8,11-12,14-15,20-21,25,32H,2-6,9-10,13,16-19H2,1H3/t21-,25+/m1/s1. The predicted octanol–water partition coefficient (Wildman–Crippen LogP) is 6.15. The van der Waals surface area contributed by atoms with Crippen LogP contribution in [0.1, 0.15) is 81.5 Å². The van der Waals surface area contributed by atoms with Crippen molar-refractivity contribution in [3.8, 4) is 5.75 Å². The second-order valence-electron chi connectivity index (χ2n) is 9.96. The number of aromatic hydroxyl groups is 1. The summed E-state index contributed by atoms with van der Waals surface area (Å²) in [5, 5.41) is 12.4. The zero-order valence-corrected chi connectivity index (χ0v) is 19.4. The lowest BCUT2D eigenvalue weighted by Gasteiger charge is -2.30. The van der Waals surface area contributed by atoms with Gasteiger partial charge in [-0.2, -0.15) is 0 Å². The lowest BCUT2D eigenvalue weighted by Crippen LogP contribution is -2.39. The third kappa shape index (κ3) is 5.23. The van der Waals surface area contributed by atoms with Gasteiger partial charge in [0, 0.05) is 31.3 Å². The van der Waals surface area contributed by atoms with Crippen molar-refractivity contribution in [2.75, 3.05) is 13.1 Å². The summed E-state index contributed by atoms with van der Waals surface area (Å²) in [6, 6.07) is 11.2. The van der Waals surface area contributed by atoms with Crippen LogP contribution in [0.25, 0.3) is 10.8 Å². The largest absolute Gasteiger partial charge is 0.507 e. The van der Waals surface area contributed by atoms with Gasteiger partial charge < -0.3 is 5.11 Å². The van der Waals surface area contributed by atoms with Crippen LogP contribution in [0.5, 0.6) is 5.75 Å². The summed E-state index contributed by atoms with van der Waals surface area (Å²) in [4.78, 5) is 28.5. The van der Waals surface area contributed by atoms with E-state index in [1.807, 2.05) is 30.3 Å². The van der Waals surface area contributed by atoms with Gasteiger partial charge in [0.25, 0.3) is 0 Å². The second-order valence-corrected chi connectivity index (χ2v) is 9.96. The minimum absolute atomic E-state index is 0.0162. The molecule has 2 fully saturated rings. The Hall–Kier alpha value is -2.20. The number of unbranched alkanes of at least 4 members (excludes halogenated alkanes) is 1. The highest BCUT2D eigenvalue weighted by Crippen LogP contribution is 2.35. The molecule has 1 saturated heterocycles. The van der Waals surface area contributed by atoms with Crippen molar-refractivity contribution in [3.63, 3.8) is 0 Å². The summed E-state index contributed by atoms with van der Waals surface area (Å²) in [5.41, 5.74) is 0.406. The SMILES string of the molecule is CCCCC(=O)[C@@H]1C[C@H](CC(=O)c2ccc3ccccc3c2O)CN1CC1CCCCC1. The Morgan fingerprint density at radius 3 is 2.59 bits per heavy atom. The van der Waals surface area contributed by atoms with Crippen LogP contribution in [0.2, 0.25) is 0 Å². The quantitative estimate of drug-likeness (QED) is 0.480. The molecule has 4 heteroatoms. The van der Waals surface area contributed by atoms with Crippen LogP contribution in [0.3, 0.4) is 0 Å². The fraction of sp³-hybridized carbons (Fsp3) is 0.571. The molecule has 172 valence electrons. The maximum atomic E-state index is 13.1. The molecule has 1 aliphatic carbocycles. The zero-order valence-electron chi connectivity index (χ0n) is 19.4. The molecule has 1 saturated carbocycles. The smallest absolute Gasteiger partial charge is 0.166 e. The van der Waals surface area contributed by atoms with E-state index in [1.165, 1.54) is 32.1 Å². The number of rotatable bonds is 9. The molecule has 0 aromatic heterocycles. The van der Waals surface area contributed by atoms with Gasteiger partial charge in [0.1, 0.15) is 11.5 Å². The lowest BCUT2D eigenvalue weighted by atomic mass is 9.88. The molecule has 4 rings (SSSR count). The number of likely N-dealkylation sites (tertiary alicyclic amines) is 1. The van der Waals surface area contributed by atoms with Crippen LogP contribution < -0.4 is 0 Å². The first-order valence-corrected chi connectivity index (χ1v) is 12.6. The number of phenolic OH excluding ortho intramolecular Hbond substituents is 1. The molecule has 2 aromatic rings. The Balaban J connectivity index is 1.46. The third-order valence-corrected chi connectivity index (χ3v) is 7.53. The van der Waals surface area contributed by atoms with Gasteiger partial charge >= 0.3 is 0 Å². The van der Waals surface area contributed by atoms with E-state index < -0.39 is 0 Å². The molecule has 2 aromatic carbocycles. The summed E-state index contributed by atoms with van der Waals surface area (Å²) < 4.78 is 0. The Morgan fingerprint density at radius 1 is 1.03 bits per heavy atom. The van der Waals surface area contributed by atoms with Gasteiger partial charge in [-0.25, -0.2) is 0 Å². The molecular formula is C28H37NO3. The number of fused-ring (bicyclic) bond motifs is 1. The van der Waals surface area contributed by atoms with Gasteiger partial charge in [0.05, 0.1) is 11.6 Å². The molecule has 1 aliphatic heterocycles. The van der Waals surface area contributed by atoms with Crippen LogP contribution in [-0.2, 0) is 4.79 Å². The van der Waals surface area contributed by atoms with Gasteiger partial charge in [-0.1, -0.05) is 62.9 Å². The van der Waals surface area contributed by atoms with E-state index in [0.717, 1.165) is 43.1 Å². The molecule has 0 spiro atoms. The topological polar surface area (TPSA) is 57.6 Å². The Labute approximate surface area is 192 Å². The van der Waals surface area contributed by atoms with Crippen LogP contribution in [0.15, 0.2) is 36.4 Å². The molecule has 4 nitrogen and oxygen atoms in total. The van der Waals surface area contributed by atoms with E-state index in [1.54, 1.807) is 6.07 Å². The molecule has 1 N–H and O–H groups in total. The first kappa shape index (κ1) is 23.0. The first-order valence-electron chi connectivity index (χ1n) is 12.6. The number of hydrogen-bond donors (Lipinski definition) is 1. The van der Waals surface area contributed by atoms with Gasteiger partial charge in [-0.15, -0.1) is 0 Å². The molecule has 0 bridgehead atoms. The zero-order chi connectivity index (χ0) is 22.5. The molecular weight excluding hydrogens is 398 g/mol. The fourth-order valence-electron chi connectivity index (χ4n) is 5.75. The van der Waals surface area contributed by atoms with Crippen molar-refractivity contribution in [1.82, 2.24) is 4.90 Å². The van der Waals surface area contributed by atoms with Crippen molar-refractivity contribution in [1.29, 1.82) is 0 Å². The van der Waals surface area contributed by atoms with Crippen molar-refractivity contribution in [2.45, 2.75) is 77.2 Å². The molecule has 0 unspecified atom stereocenters. The predicted molar refractivity (Wildman–Crippen MR) is 129 cm³/mol. The summed E-state index contributed by atoms with van der Waals surface area (Å²) in [6.07, 6.45) is 10.3. The number of nitrogens with zero attached hydrogens (tertiary/aromatic N) is 1. The summed E-state index contributed by atoms with van der Waals surface area (Å²) in [7, 11) is 0. The molecule has 2 aliphatic rings. The number of hydrogen-bond acceptors (Lipinski definition) is 4. The fourth-order valence-corrected chi connectivity index (χ4v) is 5.75. The van der Waals surface area contributed by atoms with Gasteiger partial charge in [-0.05, 0) is 49.0 Å². The van der Waals surface area contributed by atoms with Gasteiger partial charge in [0.2, 0.25) is 0 Å². The molecule has 0 radical (unpaired) electrons. The van der Waals surface area contributed by atoms with E-state index in [4.69, 9.17) is 0 Å². The van der Waals surface area contributed by atoms with Crippen molar-refractivity contribution in [3.05, 3.63) is 42.0 Å². The van der Waals surface area contributed by atoms with Crippen molar-refractivity contribution in [2.24, 2.45) is 11.8 Å². The number of carbonyl (C=O) groups is 2. The number of phenols is 1. The van der Waals surface area contributed by atoms with Gasteiger partial charge in [0.15, 0.2) is 5.78 Å². The van der Waals surface area contributed by atoms with E-state index in [2.05, 4.69) is 11.8 Å². The molecule has 32 heavy (non-hydrogen) atoms. The Bertz CT molecular complexity index is 947. The van der Waals surface area contributed by atoms with Crippen molar-refractivity contribution >= 4 is 22.3 Å². The number of benzene rings is 2. The van der Waals surface area contributed by atoms with Crippen molar-refractivity contribution < 1.29 is 14.7 Å². The summed E-state index contributed by atoms with van der Waals surface area (Å²) >= 11 is 0. The summed E-state index contributed by atoms with van der Waals surface area (Å²) in [6.45, 7) is 3.94. The third-order valence-electron chi connectivity index (χ3n) is 7.53. The highest BCUT2D eigenvalue weighted by atomic mass is 16.3. The molecule has 0 amide bonds. The highest BCUT2D eigenvalue weighted by Gasteiger charge is 2.38. The minimum atomic E-state index is -0.0357. The Morgan fingerprint density at radius 2 is 1.81 bits per heavy atom. The number of Topliss-reactive ketones (excluding diaryl/α,β-unsaturated/α-hetero) is 2. The maximum Gasteiger partial charge on any atom is 0.166 e. The monoisotopic (exact) mass is 435 g/mol. The molecule has 1 heterocycles. The number of ketones is 2. The van der Waals surface area contributed by atoms with Crippen LogP contribution in [-0.4, -0.2) is 40.7 Å². The summed E-state index contributed by atoms with van der Waals surface area (Å²) in [5.74, 6) is 1.28. The molecule has 2 atom stereocenters. The van der Waals surface area contributed by atoms with Crippen LogP contribution >= 0.6 is 0 Å². The van der Waals surface area contributed by atoms with E-state index in [9.17, 15) is 14.7 Å². The van der Waals surface area contributed by atoms with E-state index >= 15 is 0 Å². The first-order chi connectivity index (χ1) is 15.6. The van der Waals surface area contributed by atoms with E-state index in [-0.39, 0.29) is 23.5 Å². The second kappa shape index (κ2) is 10.6. The van der Waals surface area contributed by atoms with Crippen LogP contribution in [0, 0.1) is 11.8 Å². The van der Waals surface area contributed by atoms with E-state index in [0.29, 0.717) is 30.1 Å². The van der Waals surface area contributed by atoms with Crippen LogP contribution in [0.4, 0.5) is 0 Å². The number of carbonyl (C=O) groups excluding carboxylic acids is 2. The minimum Gasteiger partial charge on any atom is -0.507 e. The maximum absolute atomic E-state index is 13.1. The highest BCUT2D eigenvalue weighted by molar-refractivity contribution is 6.04. The Kier molecular flexibility index (Phi) is 7.62. The lowest BCUT2D eigenvalue weighted by molar-refractivity contribution is -0.123. The average Bonchev–Trinajstić information content (AvgIpc) is 3.20. The average molecular weight is 436 g/mol. The normalized spacial score (nSPS) is 22.4. The van der Waals surface area contributed by atoms with Gasteiger partial charge in [-0.3, -0.25) is 14.5 Å².